The molecule has 3 aromatic rings. The van der Waals surface area contributed by atoms with Crippen molar-refractivity contribution in [2.24, 2.45) is 0 Å². The van der Waals surface area contributed by atoms with E-state index in [1.54, 1.807) is 12.1 Å². The van der Waals surface area contributed by atoms with E-state index >= 15 is 0 Å². The zero-order valence-corrected chi connectivity index (χ0v) is 16.7. The molecule has 146 valence electrons. The Balaban J connectivity index is 1.48. The van der Waals surface area contributed by atoms with E-state index in [2.05, 4.69) is 28.5 Å². The highest BCUT2D eigenvalue weighted by Gasteiger charge is 2.22. The van der Waals surface area contributed by atoms with Crippen LogP contribution >= 0.6 is 11.6 Å². The molecule has 2 aromatic carbocycles. The number of aryl methyl sites for hydroxylation is 1. The molecule has 6 heteroatoms. The van der Waals surface area contributed by atoms with Gasteiger partial charge in [0.25, 0.3) is 0 Å². The standard InChI is InChI=1S/C22H24ClN3O2/c1-2-26-20-8-5-17(22(27)28)13-19(20)24-21(26)14-25-11-9-16(10-12-25)15-3-6-18(23)7-4-15/h3-8,13,16H,2,9-12,14H2,1H3,(H,27,28). The number of hydrogen-bond acceptors (Lipinski definition) is 3. The predicted molar refractivity (Wildman–Crippen MR) is 111 cm³/mol. The van der Waals surface area contributed by atoms with E-state index < -0.39 is 5.97 Å². The van der Waals surface area contributed by atoms with Crippen LogP contribution in [0.3, 0.4) is 0 Å². The summed E-state index contributed by atoms with van der Waals surface area (Å²) in [5.74, 6) is 0.667. The molecule has 4 rings (SSSR count). The number of carbonyl (C=O) groups is 1. The van der Waals surface area contributed by atoms with E-state index in [1.807, 2.05) is 18.2 Å². The fourth-order valence-corrected chi connectivity index (χ4v) is 4.27. The van der Waals surface area contributed by atoms with Gasteiger partial charge < -0.3 is 9.67 Å². The molecule has 0 spiro atoms. The van der Waals surface area contributed by atoms with Crippen LogP contribution in [0.5, 0.6) is 0 Å². The number of piperidine rings is 1. The van der Waals surface area contributed by atoms with Crippen molar-refractivity contribution in [1.29, 1.82) is 0 Å². The molecule has 0 atom stereocenters. The first-order chi connectivity index (χ1) is 13.5. The van der Waals surface area contributed by atoms with E-state index in [9.17, 15) is 9.90 Å². The second-order valence-corrected chi connectivity index (χ2v) is 7.82. The summed E-state index contributed by atoms with van der Waals surface area (Å²) in [6, 6.07) is 13.4. The van der Waals surface area contributed by atoms with Gasteiger partial charge in [0, 0.05) is 11.6 Å². The molecule has 1 saturated heterocycles. The molecule has 5 nitrogen and oxygen atoms in total. The number of benzene rings is 2. The van der Waals surface area contributed by atoms with Crippen molar-refractivity contribution in [3.05, 3.63) is 64.4 Å². The van der Waals surface area contributed by atoms with Gasteiger partial charge in [0.1, 0.15) is 5.82 Å². The number of nitrogens with zero attached hydrogens (tertiary/aromatic N) is 3. The van der Waals surface area contributed by atoms with Gasteiger partial charge in [0.2, 0.25) is 0 Å². The third-order valence-corrected chi connectivity index (χ3v) is 5.94. The Kier molecular flexibility index (Phi) is 5.38. The third kappa shape index (κ3) is 3.77. The number of aromatic nitrogens is 2. The minimum absolute atomic E-state index is 0.281. The summed E-state index contributed by atoms with van der Waals surface area (Å²) >= 11 is 6.00. The maximum atomic E-state index is 11.2. The van der Waals surface area contributed by atoms with Crippen molar-refractivity contribution in [2.45, 2.75) is 38.8 Å². The minimum Gasteiger partial charge on any atom is -0.478 e. The Bertz CT molecular complexity index is 989. The molecule has 1 aromatic heterocycles. The normalized spacial score (nSPS) is 15.9. The van der Waals surface area contributed by atoms with Gasteiger partial charge in [0.15, 0.2) is 0 Å². The largest absolute Gasteiger partial charge is 0.478 e. The van der Waals surface area contributed by atoms with Crippen LogP contribution in [0.2, 0.25) is 5.02 Å². The first-order valence-corrected chi connectivity index (χ1v) is 10.1. The van der Waals surface area contributed by atoms with Gasteiger partial charge in [-0.25, -0.2) is 9.78 Å². The van der Waals surface area contributed by atoms with E-state index in [0.29, 0.717) is 5.92 Å². The van der Waals surface area contributed by atoms with Crippen molar-refractivity contribution in [3.8, 4) is 0 Å². The van der Waals surface area contributed by atoms with Gasteiger partial charge >= 0.3 is 5.97 Å². The number of aromatic carboxylic acids is 1. The Morgan fingerprint density at radius 3 is 2.54 bits per heavy atom. The molecule has 0 amide bonds. The number of imidazole rings is 1. The highest BCUT2D eigenvalue weighted by atomic mass is 35.5. The van der Waals surface area contributed by atoms with Gasteiger partial charge in [-0.1, -0.05) is 23.7 Å². The molecule has 1 aliphatic heterocycles. The van der Waals surface area contributed by atoms with Crippen molar-refractivity contribution >= 4 is 28.6 Å². The lowest BCUT2D eigenvalue weighted by atomic mass is 9.89. The van der Waals surface area contributed by atoms with Crippen LogP contribution in [0, 0.1) is 0 Å². The van der Waals surface area contributed by atoms with Crippen molar-refractivity contribution in [2.75, 3.05) is 13.1 Å². The van der Waals surface area contributed by atoms with Crippen molar-refractivity contribution < 1.29 is 9.90 Å². The maximum Gasteiger partial charge on any atom is 0.335 e. The van der Waals surface area contributed by atoms with Crippen LogP contribution in [-0.4, -0.2) is 38.6 Å². The van der Waals surface area contributed by atoms with E-state index in [0.717, 1.165) is 60.9 Å². The number of hydrogen-bond donors (Lipinski definition) is 1. The first-order valence-electron chi connectivity index (χ1n) is 9.75. The number of likely N-dealkylation sites (tertiary alicyclic amines) is 1. The Labute approximate surface area is 169 Å². The molecule has 2 heterocycles. The summed E-state index contributed by atoms with van der Waals surface area (Å²) < 4.78 is 2.19. The van der Waals surface area contributed by atoms with Crippen molar-refractivity contribution in [3.63, 3.8) is 0 Å². The highest BCUT2D eigenvalue weighted by molar-refractivity contribution is 6.30. The Morgan fingerprint density at radius 2 is 1.89 bits per heavy atom. The summed E-state index contributed by atoms with van der Waals surface area (Å²) in [4.78, 5) is 18.4. The summed E-state index contributed by atoms with van der Waals surface area (Å²) in [6.45, 7) is 5.77. The molecule has 0 radical (unpaired) electrons. The molecule has 28 heavy (non-hydrogen) atoms. The fourth-order valence-electron chi connectivity index (χ4n) is 4.15. The van der Waals surface area contributed by atoms with Crippen LogP contribution in [-0.2, 0) is 13.1 Å². The van der Waals surface area contributed by atoms with Gasteiger partial charge in [-0.05, 0) is 74.7 Å². The van der Waals surface area contributed by atoms with Crippen LogP contribution < -0.4 is 0 Å². The SMILES string of the molecule is CCn1c(CN2CCC(c3ccc(Cl)cc3)CC2)nc2cc(C(=O)O)ccc21. The Hall–Kier alpha value is -2.37. The number of fused-ring (bicyclic) bond motifs is 1. The lowest BCUT2D eigenvalue weighted by Crippen LogP contribution is -2.33. The molecule has 1 N–H and O–H groups in total. The van der Waals surface area contributed by atoms with E-state index in [-0.39, 0.29) is 5.56 Å². The average Bonchev–Trinajstić information content (AvgIpc) is 3.05. The molecule has 1 aliphatic rings. The van der Waals surface area contributed by atoms with Crippen LogP contribution in [0.1, 0.15) is 47.4 Å². The van der Waals surface area contributed by atoms with Gasteiger partial charge in [-0.3, -0.25) is 4.90 Å². The molecule has 0 saturated carbocycles. The molecular formula is C22H24ClN3O2. The lowest BCUT2D eigenvalue weighted by molar-refractivity contribution is 0.0697. The number of carboxylic acid groups (broad SMARTS) is 1. The minimum atomic E-state index is -0.918. The highest BCUT2D eigenvalue weighted by Crippen LogP contribution is 2.30. The topological polar surface area (TPSA) is 58.4 Å². The lowest BCUT2D eigenvalue weighted by Gasteiger charge is -2.32. The number of rotatable bonds is 5. The monoisotopic (exact) mass is 397 g/mol. The zero-order chi connectivity index (χ0) is 19.7. The predicted octanol–water partition coefficient (Wildman–Crippen LogP) is 4.79. The summed E-state index contributed by atoms with van der Waals surface area (Å²) in [5, 5.41) is 10.0. The summed E-state index contributed by atoms with van der Waals surface area (Å²) in [5.41, 5.74) is 3.40. The van der Waals surface area contributed by atoms with E-state index in [4.69, 9.17) is 16.6 Å². The zero-order valence-electron chi connectivity index (χ0n) is 15.9. The molecule has 0 aliphatic carbocycles. The quantitative estimate of drug-likeness (QED) is 0.672. The summed E-state index contributed by atoms with van der Waals surface area (Å²) in [7, 11) is 0. The average molecular weight is 398 g/mol. The molecular weight excluding hydrogens is 374 g/mol. The van der Waals surface area contributed by atoms with Crippen LogP contribution in [0.4, 0.5) is 0 Å². The second kappa shape index (κ2) is 7.94. The molecule has 1 fully saturated rings. The molecule has 0 bridgehead atoms. The van der Waals surface area contributed by atoms with Gasteiger partial charge in [0.05, 0.1) is 23.1 Å². The second-order valence-electron chi connectivity index (χ2n) is 7.38. The van der Waals surface area contributed by atoms with Gasteiger partial charge in [-0.15, -0.1) is 0 Å². The van der Waals surface area contributed by atoms with Crippen molar-refractivity contribution in [1.82, 2.24) is 14.5 Å². The first kappa shape index (κ1) is 19.0. The Morgan fingerprint density at radius 1 is 1.18 bits per heavy atom. The number of halogens is 1. The maximum absolute atomic E-state index is 11.2. The molecule has 0 unspecified atom stereocenters. The smallest absolute Gasteiger partial charge is 0.335 e. The van der Waals surface area contributed by atoms with Gasteiger partial charge in [-0.2, -0.15) is 0 Å². The van der Waals surface area contributed by atoms with Crippen LogP contribution in [0.25, 0.3) is 11.0 Å². The van der Waals surface area contributed by atoms with Crippen LogP contribution in [0.15, 0.2) is 42.5 Å². The number of carboxylic acids is 1. The summed E-state index contributed by atoms with van der Waals surface area (Å²) in [6.07, 6.45) is 2.24. The van der Waals surface area contributed by atoms with E-state index in [1.165, 1.54) is 5.56 Å². The third-order valence-electron chi connectivity index (χ3n) is 5.68. The fraction of sp³-hybridized carbons (Fsp3) is 0.364.